The average Bonchev–Trinajstić information content (AvgIpc) is 2.75. The van der Waals surface area contributed by atoms with Crippen LogP contribution >= 0.6 is 0 Å². The molecule has 3 fully saturated rings. The molecule has 6 heteroatoms. The third kappa shape index (κ3) is 11.5. The zero-order valence-corrected chi connectivity index (χ0v) is 20.8. The third-order valence-corrected chi connectivity index (χ3v) is 6.96. The fourth-order valence-corrected chi connectivity index (χ4v) is 5.30. The Balaban J connectivity index is 0.000000242. The Kier molecular flexibility index (Phi) is 11.8. The first kappa shape index (κ1) is 26.9. The van der Waals surface area contributed by atoms with E-state index >= 15 is 0 Å². The number of amides is 1. The lowest BCUT2D eigenvalue weighted by Crippen LogP contribution is -2.44. The quantitative estimate of drug-likeness (QED) is 0.448. The lowest BCUT2D eigenvalue weighted by molar-refractivity contribution is -0.140. The van der Waals surface area contributed by atoms with Crippen molar-refractivity contribution in [3.63, 3.8) is 0 Å². The highest BCUT2D eigenvalue weighted by atomic mass is 16.6. The minimum absolute atomic E-state index is 0.393. The van der Waals surface area contributed by atoms with Crippen molar-refractivity contribution in [1.82, 2.24) is 10.6 Å². The molecule has 3 aliphatic carbocycles. The van der Waals surface area contributed by atoms with Gasteiger partial charge in [-0.2, -0.15) is 0 Å². The summed E-state index contributed by atoms with van der Waals surface area (Å²) >= 11 is 0. The highest BCUT2D eigenvalue weighted by molar-refractivity contribution is 5.80. The van der Waals surface area contributed by atoms with Crippen molar-refractivity contribution >= 4 is 12.1 Å². The molecule has 1 atom stereocenters. The number of carboxylic acid groups (broad SMARTS) is 1. The number of carbonyl (C=O) groups excluding carboxylic acids is 1. The van der Waals surface area contributed by atoms with E-state index in [0.717, 1.165) is 37.8 Å². The lowest BCUT2D eigenvalue weighted by Gasteiger charge is -2.30. The van der Waals surface area contributed by atoms with E-state index in [-0.39, 0.29) is 0 Å². The first-order valence-electron chi connectivity index (χ1n) is 13.2. The summed E-state index contributed by atoms with van der Waals surface area (Å²) in [5.74, 6) is -0.596. The van der Waals surface area contributed by atoms with Crippen LogP contribution in [0.25, 0.3) is 0 Å². The number of hydrogen-bond acceptors (Lipinski definition) is 4. The van der Waals surface area contributed by atoms with E-state index in [1.54, 1.807) is 20.8 Å². The summed E-state index contributed by atoms with van der Waals surface area (Å²) in [6.07, 6.45) is 20.1. The van der Waals surface area contributed by atoms with Crippen LogP contribution in [0, 0.1) is 5.92 Å². The van der Waals surface area contributed by atoms with Gasteiger partial charge in [0.05, 0.1) is 0 Å². The molecule has 0 saturated heterocycles. The van der Waals surface area contributed by atoms with Crippen LogP contribution in [0.15, 0.2) is 0 Å². The van der Waals surface area contributed by atoms with Crippen LogP contribution in [0.1, 0.15) is 124 Å². The minimum atomic E-state index is -0.989. The smallest absolute Gasteiger partial charge is 0.408 e. The van der Waals surface area contributed by atoms with E-state index < -0.39 is 23.7 Å². The van der Waals surface area contributed by atoms with Crippen LogP contribution in [-0.2, 0) is 9.53 Å². The number of alkyl carbamates (subject to hydrolysis) is 1. The standard InChI is InChI=1S/C14H25NO4.C12H23N/c1-14(2,3)19-13(18)15-11(12(16)17)9-10-7-5-4-6-8-10;1-3-7-11(8-4-1)13-12-9-5-2-6-10-12/h10-11H,4-9H2,1-3H3,(H,15,18)(H,16,17);11-13H,1-10H2/t11-;/m1./s1. The van der Waals surface area contributed by atoms with Crippen molar-refractivity contribution in [3.05, 3.63) is 0 Å². The summed E-state index contributed by atoms with van der Waals surface area (Å²) in [6, 6.07) is 0.895. The molecule has 0 aromatic rings. The predicted molar refractivity (Wildman–Crippen MR) is 129 cm³/mol. The molecule has 1 amide bonds. The minimum Gasteiger partial charge on any atom is -0.480 e. The van der Waals surface area contributed by atoms with Crippen LogP contribution < -0.4 is 10.6 Å². The Hall–Kier alpha value is -1.30. The van der Waals surface area contributed by atoms with Gasteiger partial charge in [-0.25, -0.2) is 9.59 Å². The molecule has 3 aliphatic rings. The Bertz CT molecular complexity index is 527. The number of carbonyl (C=O) groups is 2. The van der Waals surface area contributed by atoms with Gasteiger partial charge in [-0.3, -0.25) is 0 Å². The fraction of sp³-hybridized carbons (Fsp3) is 0.923. The molecule has 0 aromatic carbocycles. The molecule has 0 bridgehead atoms. The van der Waals surface area contributed by atoms with Crippen LogP contribution in [0.5, 0.6) is 0 Å². The first-order valence-corrected chi connectivity index (χ1v) is 13.2. The third-order valence-electron chi connectivity index (χ3n) is 6.96. The molecule has 3 N–H and O–H groups in total. The second-order valence-corrected chi connectivity index (χ2v) is 11.1. The van der Waals surface area contributed by atoms with Crippen LogP contribution in [0.3, 0.4) is 0 Å². The summed E-state index contributed by atoms with van der Waals surface area (Å²) in [7, 11) is 0. The number of nitrogens with one attached hydrogen (secondary N) is 2. The molecular weight excluding hydrogens is 404 g/mol. The Labute approximate surface area is 195 Å². The van der Waals surface area contributed by atoms with E-state index in [9.17, 15) is 14.7 Å². The topological polar surface area (TPSA) is 87.7 Å². The van der Waals surface area contributed by atoms with Gasteiger partial charge in [0.15, 0.2) is 0 Å². The number of aliphatic carboxylic acids is 1. The fourth-order valence-electron chi connectivity index (χ4n) is 5.30. The Morgan fingerprint density at radius 3 is 1.66 bits per heavy atom. The van der Waals surface area contributed by atoms with E-state index in [1.807, 2.05) is 0 Å². The molecule has 0 aromatic heterocycles. The molecule has 0 radical (unpaired) electrons. The summed E-state index contributed by atoms with van der Waals surface area (Å²) in [6.45, 7) is 5.26. The summed E-state index contributed by atoms with van der Waals surface area (Å²) in [5, 5.41) is 15.5. The summed E-state index contributed by atoms with van der Waals surface area (Å²) in [5.41, 5.74) is -0.613. The second kappa shape index (κ2) is 14.1. The SMILES string of the molecule is C1CCC(NC2CCCCC2)CC1.CC(C)(C)OC(=O)N[C@H](CC1CCCCC1)C(=O)O. The van der Waals surface area contributed by atoms with Gasteiger partial charge in [0.1, 0.15) is 11.6 Å². The van der Waals surface area contributed by atoms with Crippen LogP contribution in [0.2, 0.25) is 0 Å². The number of carboxylic acids is 1. The maximum Gasteiger partial charge on any atom is 0.408 e. The average molecular weight is 453 g/mol. The van der Waals surface area contributed by atoms with Gasteiger partial charge in [-0.1, -0.05) is 70.6 Å². The van der Waals surface area contributed by atoms with Crippen molar-refractivity contribution in [2.24, 2.45) is 5.92 Å². The van der Waals surface area contributed by atoms with Crippen LogP contribution in [-0.4, -0.2) is 40.9 Å². The monoisotopic (exact) mass is 452 g/mol. The second-order valence-electron chi connectivity index (χ2n) is 11.1. The molecule has 0 aliphatic heterocycles. The van der Waals surface area contributed by atoms with Gasteiger partial charge in [0.2, 0.25) is 0 Å². The maximum absolute atomic E-state index is 11.6. The molecule has 0 unspecified atom stereocenters. The van der Waals surface area contributed by atoms with E-state index in [1.165, 1.54) is 70.6 Å². The molecule has 6 nitrogen and oxygen atoms in total. The van der Waals surface area contributed by atoms with Crippen molar-refractivity contribution < 1.29 is 19.4 Å². The zero-order chi connectivity index (χ0) is 23.4. The van der Waals surface area contributed by atoms with Crippen molar-refractivity contribution in [2.45, 2.75) is 147 Å². The van der Waals surface area contributed by atoms with Crippen molar-refractivity contribution in [1.29, 1.82) is 0 Å². The predicted octanol–water partition coefficient (Wildman–Crippen LogP) is 6.18. The van der Waals surface area contributed by atoms with E-state index in [4.69, 9.17) is 4.74 Å². The van der Waals surface area contributed by atoms with Gasteiger partial charge in [0, 0.05) is 12.1 Å². The van der Waals surface area contributed by atoms with Gasteiger partial charge in [0.25, 0.3) is 0 Å². The highest BCUT2D eigenvalue weighted by Crippen LogP contribution is 2.27. The first-order chi connectivity index (χ1) is 15.2. The molecule has 0 spiro atoms. The molecular formula is C26H48N2O4. The molecule has 186 valence electrons. The lowest BCUT2D eigenvalue weighted by atomic mass is 9.85. The number of ether oxygens (including phenoxy) is 1. The van der Waals surface area contributed by atoms with Gasteiger partial charge in [-0.15, -0.1) is 0 Å². The van der Waals surface area contributed by atoms with E-state index in [0.29, 0.717) is 12.3 Å². The molecule has 3 rings (SSSR count). The summed E-state index contributed by atoms with van der Waals surface area (Å²) in [4.78, 5) is 22.8. The summed E-state index contributed by atoms with van der Waals surface area (Å²) < 4.78 is 5.09. The Morgan fingerprint density at radius 1 is 0.812 bits per heavy atom. The largest absolute Gasteiger partial charge is 0.480 e. The molecule has 3 saturated carbocycles. The normalized spacial score (nSPS) is 22.3. The molecule has 32 heavy (non-hydrogen) atoms. The molecule has 0 heterocycles. The van der Waals surface area contributed by atoms with E-state index in [2.05, 4.69) is 10.6 Å². The highest BCUT2D eigenvalue weighted by Gasteiger charge is 2.27. The number of hydrogen-bond donors (Lipinski definition) is 3. The number of rotatable bonds is 6. The van der Waals surface area contributed by atoms with Crippen LogP contribution in [0.4, 0.5) is 4.79 Å². The van der Waals surface area contributed by atoms with Crippen molar-refractivity contribution in [2.75, 3.05) is 0 Å². The van der Waals surface area contributed by atoms with Crippen molar-refractivity contribution in [3.8, 4) is 0 Å². The van der Waals surface area contributed by atoms with Gasteiger partial charge < -0.3 is 20.5 Å². The Morgan fingerprint density at radius 2 is 1.25 bits per heavy atom. The van der Waals surface area contributed by atoms with Gasteiger partial charge >= 0.3 is 12.1 Å². The van der Waals surface area contributed by atoms with Gasteiger partial charge in [-0.05, 0) is 58.8 Å². The maximum atomic E-state index is 11.6. The zero-order valence-electron chi connectivity index (χ0n) is 20.8.